The highest BCUT2D eigenvalue weighted by atomic mass is 35.5. The van der Waals surface area contributed by atoms with Crippen LogP contribution in [0.4, 0.5) is 5.82 Å². The molecule has 3 heterocycles. The minimum absolute atomic E-state index is 0.180. The van der Waals surface area contributed by atoms with Gasteiger partial charge in [0.1, 0.15) is 0 Å². The summed E-state index contributed by atoms with van der Waals surface area (Å²) in [5, 5.41) is 6.89. The Morgan fingerprint density at radius 1 is 1.13 bits per heavy atom. The number of benzene rings is 1. The summed E-state index contributed by atoms with van der Waals surface area (Å²) in [7, 11) is 0. The van der Waals surface area contributed by atoms with Crippen molar-refractivity contribution in [1.82, 2.24) is 15.0 Å². The summed E-state index contributed by atoms with van der Waals surface area (Å²) >= 11 is 6.03. The van der Waals surface area contributed by atoms with Gasteiger partial charge >= 0.3 is 0 Å². The summed E-state index contributed by atoms with van der Waals surface area (Å²) in [5.74, 6) is -0.341. The Balaban J connectivity index is 1.58. The maximum absolute atomic E-state index is 12.5. The number of carbonyl (C=O) groups excluding carboxylic acids is 2. The summed E-state index contributed by atoms with van der Waals surface area (Å²) in [6.07, 6.45) is 5.88. The summed E-state index contributed by atoms with van der Waals surface area (Å²) in [5.41, 5.74) is 2.50. The Morgan fingerprint density at radius 3 is 2.58 bits per heavy atom. The molecule has 0 aliphatic carbocycles. The van der Waals surface area contributed by atoms with Gasteiger partial charge in [0.05, 0.1) is 28.7 Å². The minimum atomic E-state index is -0.975. The molecular formula is C22H18ClN5O3. The van der Waals surface area contributed by atoms with Crippen molar-refractivity contribution < 1.29 is 14.4 Å². The zero-order valence-electron chi connectivity index (χ0n) is 17.0. The van der Waals surface area contributed by atoms with Crippen LogP contribution in [0.1, 0.15) is 35.3 Å². The van der Waals surface area contributed by atoms with E-state index < -0.39 is 11.5 Å². The molecule has 31 heavy (non-hydrogen) atoms. The second kappa shape index (κ2) is 7.88. The first-order valence-corrected chi connectivity index (χ1v) is 9.79. The average Bonchev–Trinajstić information content (AvgIpc) is 3.02. The second-order valence-corrected chi connectivity index (χ2v) is 7.90. The highest BCUT2D eigenvalue weighted by molar-refractivity contribution is 6.49. The van der Waals surface area contributed by atoms with Gasteiger partial charge in [0.25, 0.3) is 5.91 Å². The van der Waals surface area contributed by atoms with Crippen molar-refractivity contribution in [1.29, 1.82) is 0 Å². The topological polar surface area (TPSA) is 106 Å². The van der Waals surface area contributed by atoms with Crippen LogP contribution in [0.3, 0.4) is 0 Å². The molecule has 1 amide bonds. The number of halogens is 1. The van der Waals surface area contributed by atoms with Gasteiger partial charge in [-0.25, -0.2) is 4.98 Å². The normalized spacial score (nSPS) is 14.7. The van der Waals surface area contributed by atoms with E-state index in [0.29, 0.717) is 16.3 Å². The summed E-state index contributed by atoms with van der Waals surface area (Å²) < 4.78 is 0. The smallest absolute Gasteiger partial charge is 0.259 e. The third-order valence-corrected chi connectivity index (χ3v) is 5.15. The van der Waals surface area contributed by atoms with Crippen LogP contribution in [0.5, 0.6) is 0 Å². The Bertz CT molecular complexity index is 1220. The number of rotatable bonds is 4. The van der Waals surface area contributed by atoms with Crippen molar-refractivity contribution in [2.75, 3.05) is 5.32 Å². The molecule has 1 N–H and O–H groups in total. The lowest BCUT2D eigenvalue weighted by molar-refractivity contribution is -0.128. The number of hydrogen-bond acceptors (Lipinski definition) is 7. The largest absolute Gasteiger partial charge is 0.381 e. The van der Waals surface area contributed by atoms with E-state index in [2.05, 4.69) is 25.4 Å². The predicted octanol–water partition coefficient (Wildman–Crippen LogP) is 3.83. The Kier molecular flexibility index (Phi) is 5.24. The Labute approximate surface area is 183 Å². The van der Waals surface area contributed by atoms with Gasteiger partial charge in [0.2, 0.25) is 5.78 Å². The van der Waals surface area contributed by atoms with Gasteiger partial charge in [-0.2, -0.15) is 0 Å². The molecule has 156 valence electrons. The maximum Gasteiger partial charge on any atom is 0.259 e. The van der Waals surface area contributed by atoms with Gasteiger partial charge in [-0.3, -0.25) is 19.6 Å². The zero-order chi connectivity index (χ0) is 22.2. The number of aryl methyl sites for hydroxylation is 1. The molecule has 1 aliphatic rings. The molecule has 0 fully saturated rings. The highest BCUT2D eigenvalue weighted by Gasteiger charge is 2.40. The number of pyridine rings is 1. The van der Waals surface area contributed by atoms with Crippen LogP contribution in [0.15, 0.2) is 54.2 Å². The van der Waals surface area contributed by atoms with E-state index in [1.807, 2.05) is 25.1 Å². The van der Waals surface area contributed by atoms with E-state index in [-0.39, 0.29) is 22.9 Å². The highest BCUT2D eigenvalue weighted by Crippen LogP contribution is 2.27. The lowest BCUT2D eigenvalue weighted by atomic mass is 9.93. The van der Waals surface area contributed by atoms with Crippen molar-refractivity contribution in [3.63, 3.8) is 0 Å². The van der Waals surface area contributed by atoms with Crippen molar-refractivity contribution >= 4 is 34.8 Å². The van der Waals surface area contributed by atoms with Crippen LogP contribution in [0, 0.1) is 6.92 Å². The van der Waals surface area contributed by atoms with Crippen LogP contribution in [0.25, 0.3) is 11.3 Å². The minimum Gasteiger partial charge on any atom is -0.381 e. The van der Waals surface area contributed by atoms with Gasteiger partial charge in [-0.05, 0) is 38.5 Å². The molecular weight excluding hydrogens is 418 g/mol. The molecule has 0 spiro atoms. The predicted molar refractivity (Wildman–Crippen MR) is 116 cm³/mol. The molecule has 1 aromatic carbocycles. The fourth-order valence-electron chi connectivity index (χ4n) is 3.02. The van der Waals surface area contributed by atoms with Crippen LogP contribution >= 0.6 is 11.6 Å². The number of ketones is 1. The van der Waals surface area contributed by atoms with Crippen LogP contribution in [-0.4, -0.2) is 38.0 Å². The van der Waals surface area contributed by atoms with E-state index in [0.717, 1.165) is 11.1 Å². The molecule has 0 unspecified atom stereocenters. The van der Waals surface area contributed by atoms with Crippen molar-refractivity contribution in [2.24, 2.45) is 5.16 Å². The number of carbonyl (C=O) groups is 2. The van der Waals surface area contributed by atoms with Crippen LogP contribution in [0.2, 0.25) is 5.02 Å². The van der Waals surface area contributed by atoms with Crippen molar-refractivity contribution in [3.8, 4) is 11.3 Å². The molecule has 0 atom stereocenters. The number of nitrogens with one attached hydrogen (secondary N) is 1. The molecule has 0 saturated carbocycles. The first-order chi connectivity index (χ1) is 14.8. The third-order valence-electron chi connectivity index (χ3n) is 4.82. The number of amides is 1. The number of Topliss-reactive ketones (excluding diaryl/α,β-unsaturated/α-hetero) is 1. The number of aromatic nitrogens is 3. The Morgan fingerprint density at radius 2 is 1.94 bits per heavy atom. The van der Waals surface area contributed by atoms with Crippen molar-refractivity contribution in [3.05, 3.63) is 70.8 Å². The van der Waals surface area contributed by atoms with E-state index in [1.54, 1.807) is 20.0 Å². The lowest BCUT2D eigenvalue weighted by Gasteiger charge is -2.12. The summed E-state index contributed by atoms with van der Waals surface area (Å²) in [6.45, 7) is 5.29. The molecule has 1 aliphatic heterocycles. The molecule has 4 rings (SSSR count). The first-order valence-electron chi connectivity index (χ1n) is 9.41. The number of oxime groups is 1. The van der Waals surface area contributed by atoms with E-state index in [9.17, 15) is 9.59 Å². The fraction of sp³-hybridized carbons (Fsp3) is 0.182. The molecule has 0 saturated heterocycles. The SMILES string of the molecule is Cc1ccc(C2=NOC(C)(C)C2=O)cc1-c1cnc(NC(=O)c2cnccc2Cl)cn1. The summed E-state index contributed by atoms with van der Waals surface area (Å²) in [4.78, 5) is 42.7. The molecule has 3 aromatic rings. The van der Waals surface area contributed by atoms with Gasteiger partial charge in [0.15, 0.2) is 17.1 Å². The van der Waals surface area contributed by atoms with E-state index >= 15 is 0 Å². The molecule has 8 nitrogen and oxygen atoms in total. The second-order valence-electron chi connectivity index (χ2n) is 7.50. The van der Waals surface area contributed by atoms with Gasteiger partial charge in [-0.1, -0.05) is 28.9 Å². The number of nitrogens with zero attached hydrogens (tertiary/aromatic N) is 4. The zero-order valence-corrected chi connectivity index (χ0v) is 17.8. The van der Waals surface area contributed by atoms with Gasteiger partial charge in [-0.15, -0.1) is 0 Å². The lowest BCUT2D eigenvalue weighted by Crippen LogP contribution is -2.33. The fourth-order valence-corrected chi connectivity index (χ4v) is 3.21. The van der Waals surface area contributed by atoms with Crippen molar-refractivity contribution in [2.45, 2.75) is 26.4 Å². The molecule has 0 radical (unpaired) electrons. The monoisotopic (exact) mass is 435 g/mol. The number of hydrogen-bond donors (Lipinski definition) is 1. The van der Waals surface area contributed by atoms with Gasteiger partial charge < -0.3 is 10.2 Å². The standard InChI is InChI=1S/C22H18ClN5O3/c1-12-4-5-13(19-20(29)22(2,3)31-28-19)8-14(12)17-10-26-18(11-25-17)27-21(30)15-9-24-7-6-16(15)23/h4-11H,1-3H3,(H,26,27,30). The summed E-state index contributed by atoms with van der Waals surface area (Å²) in [6, 6.07) is 7.06. The van der Waals surface area contributed by atoms with E-state index in [1.165, 1.54) is 24.7 Å². The quantitative estimate of drug-likeness (QED) is 0.667. The maximum atomic E-state index is 12.5. The van der Waals surface area contributed by atoms with Crippen LogP contribution < -0.4 is 5.32 Å². The van der Waals surface area contributed by atoms with E-state index in [4.69, 9.17) is 16.4 Å². The third kappa shape index (κ3) is 4.02. The molecule has 0 bridgehead atoms. The molecule has 2 aromatic heterocycles. The Hall–Kier alpha value is -3.65. The molecule has 9 heteroatoms. The first kappa shape index (κ1) is 20.6. The average molecular weight is 436 g/mol. The number of anilines is 1. The van der Waals surface area contributed by atoms with Crippen LogP contribution in [-0.2, 0) is 9.63 Å². The van der Waals surface area contributed by atoms with Gasteiger partial charge in [0, 0.05) is 23.5 Å².